The Balaban J connectivity index is 2.22. The van der Waals surface area contributed by atoms with Crippen LogP contribution in [-0.4, -0.2) is 16.1 Å². The molecule has 0 saturated heterocycles. The standard InChI is InChI=1S/C13H13Cl2N3OS/c1-13(2,3)11-17-18-12(20-11)16-10(19)9-7(14)5-4-6-8(9)15/h4-6H,1-3H3,(H,16,18,19). The number of halogens is 2. The first kappa shape index (κ1) is 15.2. The monoisotopic (exact) mass is 329 g/mol. The summed E-state index contributed by atoms with van der Waals surface area (Å²) in [7, 11) is 0. The second-order valence-corrected chi connectivity index (χ2v) is 7.01. The Kier molecular flexibility index (Phi) is 4.32. The molecule has 0 unspecified atom stereocenters. The lowest BCUT2D eigenvalue weighted by molar-refractivity contribution is 0.102. The second-order valence-electron chi connectivity index (χ2n) is 5.21. The summed E-state index contributed by atoms with van der Waals surface area (Å²) < 4.78 is 0. The van der Waals surface area contributed by atoms with Gasteiger partial charge in [0.15, 0.2) is 0 Å². The lowest BCUT2D eigenvalue weighted by atomic mass is 9.98. The van der Waals surface area contributed by atoms with E-state index in [-0.39, 0.29) is 11.0 Å². The Morgan fingerprint density at radius 1 is 1.20 bits per heavy atom. The summed E-state index contributed by atoms with van der Waals surface area (Å²) in [4.78, 5) is 12.2. The summed E-state index contributed by atoms with van der Waals surface area (Å²) in [6, 6.07) is 4.91. The van der Waals surface area contributed by atoms with Gasteiger partial charge >= 0.3 is 0 Å². The molecule has 0 atom stereocenters. The molecule has 1 N–H and O–H groups in total. The summed E-state index contributed by atoms with van der Waals surface area (Å²) in [6.07, 6.45) is 0. The number of hydrogen-bond donors (Lipinski definition) is 1. The lowest BCUT2D eigenvalue weighted by Crippen LogP contribution is -2.13. The number of hydrogen-bond acceptors (Lipinski definition) is 4. The molecule has 7 heteroatoms. The van der Waals surface area contributed by atoms with Gasteiger partial charge in [0.25, 0.3) is 5.91 Å². The summed E-state index contributed by atoms with van der Waals surface area (Å²) >= 11 is 13.3. The van der Waals surface area contributed by atoms with Gasteiger partial charge in [-0.25, -0.2) is 0 Å². The number of amides is 1. The summed E-state index contributed by atoms with van der Waals surface area (Å²) in [5.41, 5.74) is 0.131. The van der Waals surface area contributed by atoms with Crippen LogP contribution in [0.25, 0.3) is 0 Å². The molecule has 0 radical (unpaired) electrons. The molecule has 0 fully saturated rings. The quantitative estimate of drug-likeness (QED) is 0.888. The van der Waals surface area contributed by atoms with E-state index in [0.717, 1.165) is 5.01 Å². The van der Waals surface area contributed by atoms with Crippen LogP contribution in [0.2, 0.25) is 10.0 Å². The van der Waals surface area contributed by atoms with Gasteiger partial charge in [-0.1, -0.05) is 61.4 Å². The molecule has 0 spiro atoms. The van der Waals surface area contributed by atoms with Crippen molar-refractivity contribution < 1.29 is 4.79 Å². The van der Waals surface area contributed by atoms with Crippen molar-refractivity contribution in [1.82, 2.24) is 10.2 Å². The normalized spacial score (nSPS) is 11.4. The van der Waals surface area contributed by atoms with Gasteiger partial charge in [-0.2, -0.15) is 0 Å². The van der Waals surface area contributed by atoms with Gasteiger partial charge < -0.3 is 0 Å². The fourth-order valence-electron chi connectivity index (χ4n) is 1.45. The lowest BCUT2D eigenvalue weighted by Gasteiger charge is -2.12. The van der Waals surface area contributed by atoms with Gasteiger partial charge in [0, 0.05) is 5.41 Å². The highest BCUT2D eigenvalue weighted by Crippen LogP contribution is 2.29. The van der Waals surface area contributed by atoms with Gasteiger partial charge in [0.2, 0.25) is 5.13 Å². The van der Waals surface area contributed by atoms with Crippen LogP contribution in [0.3, 0.4) is 0 Å². The Bertz CT molecular complexity index is 629. The third-order valence-corrected chi connectivity index (χ3v) is 4.37. The third kappa shape index (κ3) is 3.29. The van der Waals surface area contributed by atoms with Crippen molar-refractivity contribution in [3.63, 3.8) is 0 Å². The van der Waals surface area contributed by atoms with Crippen LogP contribution in [0, 0.1) is 0 Å². The van der Waals surface area contributed by atoms with Crippen LogP contribution in [0.4, 0.5) is 5.13 Å². The molecule has 0 aliphatic heterocycles. The molecule has 1 heterocycles. The molecule has 20 heavy (non-hydrogen) atoms. The predicted molar refractivity (Wildman–Crippen MR) is 83.0 cm³/mol. The first-order chi connectivity index (χ1) is 9.29. The molecule has 4 nitrogen and oxygen atoms in total. The van der Waals surface area contributed by atoms with Crippen LogP contribution >= 0.6 is 34.5 Å². The van der Waals surface area contributed by atoms with Crippen molar-refractivity contribution in [3.05, 3.63) is 38.8 Å². The van der Waals surface area contributed by atoms with Crippen molar-refractivity contribution in [2.45, 2.75) is 26.2 Å². The number of anilines is 1. The van der Waals surface area contributed by atoms with Gasteiger partial charge in [-0.3, -0.25) is 10.1 Å². The zero-order valence-electron chi connectivity index (χ0n) is 11.2. The number of aromatic nitrogens is 2. The van der Waals surface area contributed by atoms with Gasteiger partial charge in [-0.05, 0) is 12.1 Å². The summed E-state index contributed by atoms with van der Waals surface area (Å²) in [5.74, 6) is -0.391. The van der Waals surface area contributed by atoms with E-state index in [9.17, 15) is 4.79 Å². The van der Waals surface area contributed by atoms with Crippen LogP contribution in [0.5, 0.6) is 0 Å². The average Bonchev–Trinajstić information content (AvgIpc) is 2.76. The number of nitrogens with zero attached hydrogens (tertiary/aromatic N) is 2. The largest absolute Gasteiger partial charge is 0.296 e. The van der Waals surface area contributed by atoms with Crippen LogP contribution in [0.15, 0.2) is 18.2 Å². The molecular weight excluding hydrogens is 317 g/mol. The van der Waals surface area contributed by atoms with E-state index in [0.29, 0.717) is 15.2 Å². The second kappa shape index (κ2) is 5.68. The fourth-order valence-corrected chi connectivity index (χ4v) is 2.82. The van der Waals surface area contributed by atoms with E-state index >= 15 is 0 Å². The molecular formula is C13H13Cl2N3OS. The maximum atomic E-state index is 12.2. The highest BCUT2D eigenvalue weighted by atomic mass is 35.5. The van der Waals surface area contributed by atoms with E-state index in [4.69, 9.17) is 23.2 Å². The molecule has 106 valence electrons. The van der Waals surface area contributed by atoms with Crippen molar-refractivity contribution >= 4 is 45.6 Å². The van der Waals surface area contributed by atoms with Crippen molar-refractivity contribution in [2.24, 2.45) is 0 Å². The Hall–Kier alpha value is -1.17. The van der Waals surface area contributed by atoms with Crippen LogP contribution < -0.4 is 5.32 Å². The van der Waals surface area contributed by atoms with E-state index in [1.807, 2.05) is 20.8 Å². The van der Waals surface area contributed by atoms with E-state index in [1.165, 1.54) is 11.3 Å². The van der Waals surface area contributed by atoms with Crippen molar-refractivity contribution in [1.29, 1.82) is 0 Å². The minimum absolute atomic E-state index is 0.108. The Labute approximate surface area is 131 Å². The molecule has 2 rings (SSSR count). The van der Waals surface area contributed by atoms with E-state index in [2.05, 4.69) is 15.5 Å². The SMILES string of the molecule is CC(C)(C)c1nnc(NC(=O)c2c(Cl)cccc2Cl)s1. The summed E-state index contributed by atoms with van der Waals surface area (Å²) in [6.45, 7) is 6.10. The first-order valence-corrected chi connectivity index (χ1v) is 7.45. The van der Waals surface area contributed by atoms with Gasteiger partial charge in [0.05, 0.1) is 15.6 Å². The van der Waals surface area contributed by atoms with Crippen LogP contribution in [-0.2, 0) is 5.41 Å². The smallest absolute Gasteiger partial charge is 0.260 e. The molecule has 1 aromatic carbocycles. The third-order valence-electron chi connectivity index (χ3n) is 2.48. The Morgan fingerprint density at radius 2 is 1.80 bits per heavy atom. The van der Waals surface area contributed by atoms with E-state index < -0.39 is 5.91 Å². The molecule has 0 aliphatic rings. The van der Waals surface area contributed by atoms with E-state index in [1.54, 1.807) is 18.2 Å². The average molecular weight is 330 g/mol. The minimum Gasteiger partial charge on any atom is -0.296 e. The highest BCUT2D eigenvalue weighted by molar-refractivity contribution is 7.15. The predicted octanol–water partition coefficient (Wildman–Crippen LogP) is 4.39. The maximum absolute atomic E-state index is 12.2. The number of carbonyl (C=O) groups is 1. The molecule has 0 bridgehead atoms. The molecule has 1 aromatic heterocycles. The fraction of sp³-hybridized carbons (Fsp3) is 0.308. The van der Waals surface area contributed by atoms with Gasteiger partial charge in [-0.15, -0.1) is 10.2 Å². The number of nitrogens with one attached hydrogen (secondary N) is 1. The number of benzene rings is 1. The Morgan fingerprint density at radius 3 is 2.30 bits per heavy atom. The molecule has 2 aromatic rings. The van der Waals surface area contributed by atoms with Crippen molar-refractivity contribution in [2.75, 3.05) is 5.32 Å². The molecule has 0 aliphatic carbocycles. The molecule has 0 saturated carbocycles. The summed E-state index contributed by atoms with van der Waals surface area (Å²) in [5, 5.41) is 12.6. The number of carbonyl (C=O) groups excluding carboxylic acids is 1. The first-order valence-electron chi connectivity index (χ1n) is 5.88. The minimum atomic E-state index is -0.391. The zero-order chi connectivity index (χ0) is 14.9. The highest BCUT2D eigenvalue weighted by Gasteiger charge is 2.21. The number of rotatable bonds is 2. The zero-order valence-corrected chi connectivity index (χ0v) is 13.5. The van der Waals surface area contributed by atoms with Crippen molar-refractivity contribution in [3.8, 4) is 0 Å². The topological polar surface area (TPSA) is 54.9 Å². The van der Waals surface area contributed by atoms with Gasteiger partial charge in [0.1, 0.15) is 5.01 Å². The molecule has 1 amide bonds. The van der Waals surface area contributed by atoms with Crippen LogP contribution in [0.1, 0.15) is 36.1 Å². The maximum Gasteiger partial charge on any atom is 0.260 e.